The van der Waals surface area contributed by atoms with Crippen LogP contribution in [-0.4, -0.2) is 43.2 Å². The highest BCUT2D eigenvalue weighted by Gasteiger charge is 2.40. The third-order valence-corrected chi connectivity index (χ3v) is 5.63. The molecule has 3 heterocycles. The fraction of sp³-hybridized carbons (Fsp3) is 0.476. The summed E-state index contributed by atoms with van der Waals surface area (Å²) >= 11 is 0. The van der Waals surface area contributed by atoms with E-state index in [4.69, 9.17) is 9.47 Å². The summed E-state index contributed by atoms with van der Waals surface area (Å²) in [6, 6.07) is 10.2. The summed E-state index contributed by atoms with van der Waals surface area (Å²) in [6.45, 7) is 6.22. The van der Waals surface area contributed by atoms with Gasteiger partial charge >= 0.3 is 0 Å². The Morgan fingerprint density at radius 3 is 2.70 bits per heavy atom. The van der Waals surface area contributed by atoms with Gasteiger partial charge in [-0.25, -0.2) is 0 Å². The van der Waals surface area contributed by atoms with E-state index < -0.39 is 0 Å². The van der Waals surface area contributed by atoms with Gasteiger partial charge in [0.15, 0.2) is 11.5 Å². The number of aromatic nitrogens is 1. The first kappa shape index (κ1) is 19.9. The van der Waals surface area contributed by atoms with Crippen molar-refractivity contribution in [3.63, 3.8) is 0 Å². The average Bonchev–Trinajstić information content (AvgIpc) is 3.31. The van der Waals surface area contributed by atoms with Crippen molar-refractivity contribution in [1.29, 1.82) is 0 Å². The standard InChI is InChI=1S/C21H27N3O2.ClH/c1-25-20-12-18(13-24-11-7-21(16-24)6-10-23-15-21)2-3-19(20)26-14-17-4-8-22-9-5-17;/h2-5,8-9,12,23H,6-7,10-11,13-16H2,1H3;1H. The minimum absolute atomic E-state index is 0. The number of hydrogen-bond donors (Lipinski definition) is 1. The first-order valence-corrected chi connectivity index (χ1v) is 9.38. The Balaban J connectivity index is 0.00000210. The molecule has 1 atom stereocenters. The van der Waals surface area contributed by atoms with Crippen molar-refractivity contribution in [1.82, 2.24) is 15.2 Å². The summed E-state index contributed by atoms with van der Waals surface area (Å²) in [6.07, 6.45) is 6.18. The van der Waals surface area contributed by atoms with E-state index in [-0.39, 0.29) is 12.4 Å². The molecule has 1 N–H and O–H groups in total. The molecule has 146 valence electrons. The van der Waals surface area contributed by atoms with Crippen molar-refractivity contribution in [2.24, 2.45) is 5.41 Å². The highest BCUT2D eigenvalue weighted by molar-refractivity contribution is 5.85. The van der Waals surface area contributed by atoms with Crippen LogP contribution >= 0.6 is 12.4 Å². The molecular formula is C21H28ClN3O2. The van der Waals surface area contributed by atoms with Gasteiger partial charge in [0.1, 0.15) is 6.61 Å². The zero-order valence-corrected chi connectivity index (χ0v) is 16.6. The van der Waals surface area contributed by atoms with Crippen molar-refractivity contribution in [2.45, 2.75) is 26.0 Å². The Hall–Kier alpha value is -1.82. The second-order valence-electron chi connectivity index (χ2n) is 7.52. The molecule has 1 spiro atoms. The number of halogens is 1. The van der Waals surface area contributed by atoms with Crippen LogP contribution in [0.15, 0.2) is 42.7 Å². The van der Waals surface area contributed by atoms with Crippen molar-refractivity contribution in [3.8, 4) is 11.5 Å². The molecule has 1 aromatic carbocycles. The Kier molecular flexibility index (Phi) is 6.58. The number of likely N-dealkylation sites (tertiary alicyclic amines) is 1. The lowest BCUT2D eigenvalue weighted by Gasteiger charge is -2.23. The van der Waals surface area contributed by atoms with Crippen LogP contribution in [0, 0.1) is 5.41 Å². The van der Waals surface area contributed by atoms with Gasteiger partial charge in [0.25, 0.3) is 0 Å². The Morgan fingerprint density at radius 1 is 1.11 bits per heavy atom. The molecule has 2 fully saturated rings. The van der Waals surface area contributed by atoms with Crippen molar-refractivity contribution < 1.29 is 9.47 Å². The molecule has 6 heteroatoms. The van der Waals surface area contributed by atoms with Gasteiger partial charge in [-0.2, -0.15) is 0 Å². The maximum atomic E-state index is 5.94. The van der Waals surface area contributed by atoms with Crippen LogP contribution in [0.4, 0.5) is 0 Å². The summed E-state index contributed by atoms with van der Waals surface area (Å²) < 4.78 is 11.5. The highest BCUT2D eigenvalue weighted by atomic mass is 35.5. The quantitative estimate of drug-likeness (QED) is 0.821. The molecule has 27 heavy (non-hydrogen) atoms. The zero-order chi connectivity index (χ0) is 17.8. The smallest absolute Gasteiger partial charge is 0.161 e. The average molecular weight is 390 g/mol. The van der Waals surface area contributed by atoms with Gasteiger partial charge in [0, 0.05) is 32.0 Å². The molecule has 2 aliphatic rings. The summed E-state index contributed by atoms with van der Waals surface area (Å²) in [5.74, 6) is 1.58. The molecule has 1 aromatic heterocycles. The SMILES string of the molecule is COc1cc(CN2CCC3(CCNC3)C2)ccc1OCc1ccncc1.Cl. The summed E-state index contributed by atoms with van der Waals surface area (Å²) in [4.78, 5) is 6.60. The van der Waals surface area contributed by atoms with Crippen molar-refractivity contribution in [3.05, 3.63) is 53.9 Å². The number of hydrogen-bond acceptors (Lipinski definition) is 5. The Labute approximate surface area is 167 Å². The van der Waals surface area contributed by atoms with E-state index in [2.05, 4.69) is 27.3 Å². The fourth-order valence-corrected chi connectivity index (χ4v) is 4.13. The van der Waals surface area contributed by atoms with Gasteiger partial charge in [-0.3, -0.25) is 9.88 Å². The van der Waals surface area contributed by atoms with Gasteiger partial charge in [-0.15, -0.1) is 12.4 Å². The number of nitrogens with zero attached hydrogens (tertiary/aromatic N) is 2. The van der Waals surface area contributed by atoms with Crippen LogP contribution in [0.2, 0.25) is 0 Å². The number of methoxy groups -OCH3 is 1. The number of nitrogens with one attached hydrogen (secondary N) is 1. The molecule has 4 rings (SSSR count). The van der Waals surface area contributed by atoms with Crippen LogP contribution < -0.4 is 14.8 Å². The summed E-state index contributed by atoms with van der Waals surface area (Å²) in [5.41, 5.74) is 2.89. The lowest BCUT2D eigenvalue weighted by molar-refractivity contribution is 0.266. The first-order valence-electron chi connectivity index (χ1n) is 9.38. The monoisotopic (exact) mass is 389 g/mol. The van der Waals surface area contributed by atoms with Gasteiger partial charge < -0.3 is 14.8 Å². The third kappa shape index (κ3) is 4.72. The van der Waals surface area contributed by atoms with Crippen molar-refractivity contribution in [2.75, 3.05) is 33.3 Å². The predicted octanol–water partition coefficient (Wildman–Crippen LogP) is 3.28. The van der Waals surface area contributed by atoms with Crippen LogP contribution in [0.25, 0.3) is 0 Å². The Bertz CT molecular complexity index is 735. The summed E-state index contributed by atoms with van der Waals surface area (Å²) in [7, 11) is 1.70. The van der Waals surface area contributed by atoms with Crippen LogP contribution in [0.3, 0.4) is 0 Å². The largest absolute Gasteiger partial charge is 0.493 e. The lowest BCUT2D eigenvalue weighted by atomic mass is 9.86. The maximum Gasteiger partial charge on any atom is 0.161 e. The topological polar surface area (TPSA) is 46.6 Å². The minimum atomic E-state index is 0. The number of pyridine rings is 1. The van der Waals surface area contributed by atoms with Crippen molar-refractivity contribution >= 4 is 12.4 Å². The first-order chi connectivity index (χ1) is 12.8. The second kappa shape index (κ2) is 8.91. The predicted molar refractivity (Wildman–Crippen MR) is 109 cm³/mol. The van der Waals surface area contributed by atoms with E-state index in [1.807, 2.05) is 18.2 Å². The third-order valence-electron chi connectivity index (χ3n) is 5.63. The molecular weight excluding hydrogens is 362 g/mol. The zero-order valence-electron chi connectivity index (χ0n) is 15.8. The molecule has 0 saturated carbocycles. The van der Waals surface area contributed by atoms with Crippen LogP contribution in [-0.2, 0) is 13.2 Å². The number of rotatable bonds is 6. The van der Waals surface area contributed by atoms with E-state index in [0.29, 0.717) is 12.0 Å². The molecule has 1 unspecified atom stereocenters. The van der Waals surface area contributed by atoms with E-state index in [1.54, 1.807) is 19.5 Å². The van der Waals surface area contributed by atoms with Crippen LogP contribution in [0.5, 0.6) is 11.5 Å². The molecule has 2 saturated heterocycles. The van der Waals surface area contributed by atoms with E-state index in [0.717, 1.165) is 23.6 Å². The fourth-order valence-electron chi connectivity index (χ4n) is 4.13. The van der Waals surface area contributed by atoms with E-state index >= 15 is 0 Å². The van der Waals surface area contributed by atoms with Gasteiger partial charge in [0.05, 0.1) is 7.11 Å². The molecule has 0 amide bonds. The minimum Gasteiger partial charge on any atom is -0.493 e. The summed E-state index contributed by atoms with van der Waals surface area (Å²) in [5, 5.41) is 3.53. The maximum absolute atomic E-state index is 5.94. The van der Waals surface area contributed by atoms with Gasteiger partial charge in [-0.1, -0.05) is 6.07 Å². The normalized spacial score (nSPS) is 22.0. The van der Waals surface area contributed by atoms with Crippen LogP contribution in [0.1, 0.15) is 24.0 Å². The highest BCUT2D eigenvalue weighted by Crippen LogP contribution is 2.37. The van der Waals surface area contributed by atoms with Gasteiger partial charge in [-0.05, 0) is 66.7 Å². The molecule has 0 bridgehead atoms. The lowest BCUT2D eigenvalue weighted by Crippen LogP contribution is -2.28. The molecule has 0 radical (unpaired) electrons. The molecule has 2 aromatic rings. The molecule has 0 aliphatic carbocycles. The van der Waals surface area contributed by atoms with E-state index in [9.17, 15) is 0 Å². The molecule has 2 aliphatic heterocycles. The second-order valence-corrected chi connectivity index (χ2v) is 7.52. The Morgan fingerprint density at radius 2 is 1.96 bits per heavy atom. The molecule has 5 nitrogen and oxygen atoms in total. The van der Waals surface area contributed by atoms with Gasteiger partial charge in [0.2, 0.25) is 0 Å². The number of benzene rings is 1. The number of ether oxygens (including phenoxy) is 2. The van der Waals surface area contributed by atoms with E-state index in [1.165, 1.54) is 44.6 Å².